The van der Waals surface area contributed by atoms with Crippen LogP contribution in [0, 0.1) is 0 Å². The van der Waals surface area contributed by atoms with E-state index < -0.39 is 18.6 Å². The average Bonchev–Trinajstić information content (AvgIpc) is 2.10. The number of rotatable bonds is 7. The molecule has 0 aromatic rings. The second-order valence-corrected chi connectivity index (χ2v) is 3.53. The summed E-state index contributed by atoms with van der Waals surface area (Å²) in [5, 5.41) is 3.17. The molecule has 0 radical (unpaired) electrons. The van der Waals surface area contributed by atoms with Gasteiger partial charge in [-0.05, 0) is 12.0 Å². The fourth-order valence-electron chi connectivity index (χ4n) is 1.35. The largest absolute Gasteiger partial charge is 0.389 e. The predicted octanol–water partition coefficient (Wildman–Crippen LogP) is 4.59. The van der Waals surface area contributed by atoms with Crippen LogP contribution in [0.15, 0.2) is 5.11 Å². The molecule has 0 N–H and O–H groups in total. The molecule has 0 heterocycles. The summed E-state index contributed by atoms with van der Waals surface area (Å²) < 4.78 is 36.1. The Balaban J connectivity index is 3.89. The van der Waals surface area contributed by atoms with Crippen LogP contribution in [0.3, 0.4) is 0 Å². The van der Waals surface area contributed by atoms with E-state index in [9.17, 15) is 13.2 Å². The Morgan fingerprint density at radius 1 is 1.27 bits per heavy atom. The van der Waals surface area contributed by atoms with Crippen molar-refractivity contribution in [2.75, 3.05) is 0 Å². The third kappa shape index (κ3) is 9.41. The van der Waals surface area contributed by atoms with Crippen molar-refractivity contribution in [3.05, 3.63) is 10.4 Å². The van der Waals surface area contributed by atoms with Gasteiger partial charge in [-0.1, -0.05) is 37.7 Å². The van der Waals surface area contributed by atoms with Crippen LogP contribution < -0.4 is 0 Å². The molecule has 0 aromatic heterocycles. The van der Waals surface area contributed by atoms with Gasteiger partial charge in [-0.3, -0.25) is 0 Å². The summed E-state index contributed by atoms with van der Waals surface area (Å²) in [5.41, 5.74) is 8.13. The lowest BCUT2D eigenvalue weighted by Gasteiger charge is -2.13. The Labute approximate surface area is 87.3 Å². The van der Waals surface area contributed by atoms with E-state index in [1.54, 1.807) is 0 Å². The van der Waals surface area contributed by atoms with E-state index in [4.69, 9.17) is 5.53 Å². The second kappa shape index (κ2) is 7.40. The van der Waals surface area contributed by atoms with Gasteiger partial charge in [-0.15, -0.1) is 0 Å². The molecule has 6 heteroatoms. The Bertz CT molecular complexity index is 209. The van der Waals surface area contributed by atoms with Crippen molar-refractivity contribution in [2.24, 2.45) is 5.11 Å². The van der Waals surface area contributed by atoms with E-state index in [2.05, 4.69) is 10.0 Å². The number of nitrogens with zero attached hydrogens (tertiary/aromatic N) is 3. The number of unbranched alkanes of at least 4 members (excludes halogenated alkanes) is 3. The quantitative estimate of drug-likeness (QED) is 0.262. The highest BCUT2D eigenvalue weighted by atomic mass is 19.4. The highest BCUT2D eigenvalue weighted by molar-refractivity contribution is 4.71. The fraction of sp³-hybridized carbons (Fsp3) is 1.00. The van der Waals surface area contributed by atoms with Crippen molar-refractivity contribution in [3.8, 4) is 0 Å². The molecule has 0 aliphatic heterocycles. The zero-order valence-corrected chi connectivity index (χ0v) is 8.80. The van der Waals surface area contributed by atoms with Gasteiger partial charge >= 0.3 is 6.18 Å². The molecule has 0 bridgehead atoms. The zero-order valence-electron chi connectivity index (χ0n) is 8.80. The lowest BCUT2D eigenvalue weighted by Crippen LogP contribution is -2.17. The minimum absolute atomic E-state index is 0.323. The molecule has 1 atom stereocenters. The standard InChI is InChI=1S/C9H16F3N3/c1-2-3-4-5-6-8(14-15-13)7-9(10,11)12/h8H,2-7H2,1H3/t8-/m1/s1. The van der Waals surface area contributed by atoms with E-state index in [-0.39, 0.29) is 0 Å². The number of halogens is 3. The van der Waals surface area contributed by atoms with Gasteiger partial charge in [0.1, 0.15) is 0 Å². The average molecular weight is 223 g/mol. The number of alkyl halides is 3. The maximum Gasteiger partial charge on any atom is 0.389 e. The van der Waals surface area contributed by atoms with Crippen LogP contribution in [-0.2, 0) is 0 Å². The topological polar surface area (TPSA) is 48.8 Å². The van der Waals surface area contributed by atoms with Crippen molar-refractivity contribution in [1.82, 2.24) is 0 Å². The lowest BCUT2D eigenvalue weighted by molar-refractivity contribution is -0.138. The van der Waals surface area contributed by atoms with Crippen molar-refractivity contribution in [2.45, 2.75) is 57.7 Å². The third-order valence-electron chi connectivity index (χ3n) is 2.07. The highest BCUT2D eigenvalue weighted by Crippen LogP contribution is 2.25. The van der Waals surface area contributed by atoms with Gasteiger partial charge in [0.2, 0.25) is 0 Å². The molecule has 0 saturated carbocycles. The molecule has 0 rings (SSSR count). The smallest absolute Gasteiger partial charge is 0.171 e. The molecule has 0 amide bonds. The molecule has 88 valence electrons. The highest BCUT2D eigenvalue weighted by Gasteiger charge is 2.31. The van der Waals surface area contributed by atoms with Crippen molar-refractivity contribution >= 4 is 0 Å². The minimum atomic E-state index is -4.25. The predicted molar refractivity (Wildman–Crippen MR) is 52.4 cm³/mol. The van der Waals surface area contributed by atoms with E-state index in [1.807, 2.05) is 6.92 Å². The zero-order chi connectivity index (χ0) is 11.7. The summed E-state index contributed by atoms with van der Waals surface area (Å²) in [6.07, 6.45) is -1.31. The second-order valence-electron chi connectivity index (χ2n) is 3.53. The summed E-state index contributed by atoms with van der Waals surface area (Å²) in [5.74, 6) is 0. The van der Waals surface area contributed by atoms with Crippen LogP contribution >= 0.6 is 0 Å². The van der Waals surface area contributed by atoms with Crippen molar-refractivity contribution in [1.29, 1.82) is 0 Å². The van der Waals surface area contributed by atoms with Crippen molar-refractivity contribution in [3.63, 3.8) is 0 Å². The van der Waals surface area contributed by atoms with Crippen LogP contribution in [-0.4, -0.2) is 12.2 Å². The molecule has 15 heavy (non-hydrogen) atoms. The summed E-state index contributed by atoms with van der Waals surface area (Å²) in [6, 6.07) is -0.938. The van der Waals surface area contributed by atoms with Gasteiger partial charge in [0.25, 0.3) is 0 Å². The number of azide groups is 1. The Morgan fingerprint density at radius 2 is 1.93 bits per heavy atom. The molecule has 0 aliphatic rings. The molecule has 0 aromatic carbocycles. The molecule has 0 unspecified atom stereocenters. The van der Waals surface area contributed by atoms with Crippen LogP contribution in [0.4, 0.5) is 13.2 Å². The van der Waals surface area contributed by atoms with E-state index >= 15 is 0 Å². The Hall–Kier alpha value is -0.900. The maximum absolute atomic E-state index is 12.0. The molecule has 3 nitrogen and oxygen atoms in total. The Morgan fingerprint density at radius 3 is 2.40 bits per heavy atom. The van der Waals surface area contributed by atoms with Gasteiger partial charge in [0, 0.05) is 11.0 Å². The first kappa shape index (κ1) is 14.1. The summed E-state index contributed by atoms with van der Waals surface area (Å²) in [7, 11) is 0. The van der Waals surface area contributed by atoms with Gasteiger partial charge in [0.15, 0.2) is 0 Å². The SMILES string of the molecule is CCCCCC[C@H](CC(F)(F)F)N=[N+]=[N-]. The molecule has 0 aliphatic carbocycles. The summed E-state index contributed by atoms with van der Waals surface area (Å²) in [4.78, 5) is 2.44. The minimum Gasteiger partial charge on any atom is -0.171 e. The molecule has 0 fully saturated rings. The van der Waals surface area contributed by atoms with Crippen LogP contribution in [0.1, 0.15) is 45.4 Å². The van der Waals surface area contributed by atoms with Gasteiger partial charge < -0.3 is 0 Å². The number of hydrogen-bond acceptors (Lipinski definition) is 1. The van der Waals surface area contributed by atoms with Crippen LogP contribution in [0.2, 0.25) is 0 Å². The molecule has 0 spiro atoms. The van der Waals surface area contributed by atoms with E-state index in [0.29, 0.717) is 12.8 Å². The summed E-state index contributed by atoms with van der Waals surface area (Å²) >= 11 is 0. The fourth-order valence-corrected chi connectivity index (χ4v) is 1.35. The summed E-state index contributed by atoms with van der Waals surface area (Å²) in [6.45, 7) is 2.03. The molecular weight excluding hydrogens is 207 g/mol. The first-order chi connectivity index (χ1) is 6.99. The van der Waals surface area contributed by atoms with E-state index in [1.165, 1.54) is 0 Å². The van der Waals surface area contributed by atoms with Gasteiger partial charge in [0.05, 0.1) is 6.42 Å². The van der Waals surface area contributed by atoms with Gasteiger partial charge in [-0.25, -0.2) is 0 Å². The van der Waals surface area contributed by atoms with Gasteiger partial charge in [-0.2, -0.15) is 13.2 Å². The van der Waals surface area contributed by atoms with Crippen molar-refractivity contribution < 1.29 is 13.2 Å². The monoisotopic (exact) mass is 223 g/mol. The normalized spacial score (nSPS) is 13.3. The third-order valence-corrected chi connectivity index (χ3v) is 2.07. The first-order valence-electron chi connectivity index (χ1n) is 5.10. The first-order valence-corrected chi connectivity index (χ1v) is 5.10. The lowest BCUT2D eigenvalue weighted by atomic mass is 10.1. The number of hydrogen-bond donors (Lipinski definition) is 0. The van der Waals surface area contributed by atoms with Crippen LogP contribution in [0.25, 0.3) is 10.4 Å². The maximum atomic E-state index is 12.0. The Kier molecular flexibility index (Phi) is 6.96. The molecule has 0 saturated heterocycles. The van der Waals surface area contributed by atoms with E-state index in [0.717, 1.165) is 19.3 Å². The van der Waals surface area contributed by atoms with Crippen LogP contribution in [0.5, 0.6) is 0 Å². The molecular formula is C9H16F3N3.